The number of rotatable bonds is 7. The minimum Gasteiger partial charge on any atom is -0.486 e. The van der Waals surface area contributed by atoms with Crippen LogP contribution in [-0.4, -0.2) is 12.1 Å². The molecule has 3 aromatic carbocycles. The molecule has 0 aliphatic rings. The summed E-state index contributed by atoms with van der Waals surface area (Å²) in [5.74, 6) is 0.497. The van der Waals surface area contributed by atoms with Gasteiger partial charge in [0, 0.05) is 10.6 Å². The lowest BCUT2D eigenvalue weighted by atomic mass is 10.0. The summed E-state index contributed by atoms with van der Waals surface area (Å²) in [6, 6.07) is 17.3. The molecule has 0 saturated heterocycles. The van der Waals surface area contributed by atoms with Crippen molar-refractivity contribution >= 4 is 55.6 Å². The molecule has 31 heavy (non-hydrogen) atoms. The van der Waals surface area contributed by atoms with E-state index >= 15 is 0 Å². The number of benzene rings is 3. The third-order valence-electron chi connectivity index (χ3n) is 4.60. The Kier molecular flexibility index (Phi) is 8.29. The van der Waals surface area contributed by atoms with Gasteiger partial charge in [0.2, 0.25) is 5.91 Å². The van der Waals surface area contributed by atoms with Crippen molar-refractivity contribution in [2.45, 2.75) is 26.9 Å². The van der Waals surface area contributed by atoms with Crippen LogP contribution in [0, 0.1) is 13.8 Å². The number of nitrogens with zero attached hydrogens (tertiary/aromatic N) is 1. The Hall–Kier alpha value is -2.15. The fourth-order valence-electron chi connectivity index (χ4n) is 2.99. The van der Waals surface area contributed by atoms with E-state index in [4.69, 9.17) is 16.3 Å². The Morgan fingerprint density at radius 2 is 1.77 bits per heavy atom. The van der Waals surface area contributed by atoms with Crippen molar-refractivity contribution in [1.82, 2.24) is 5.43 Å². The third-order valence-corrected chi connectivity index (χ3v) is 6.15. The van der Waals surface area contributed by atoms with Crippen LogP contribution in [0.15, 0.2) is 68.6 Å². The summed E-state index contributed by atoms with van der Waals surface area (Å²) < 4.78 is 7.45. The van der Waals surface area contributed by atoms with Crippen LogP contribution < -0.4 is 10.2 Å². The quantitative estimate of drug-likeness (QED) is 0.255. The van der Waals surface area contributed by atoms with Gasteiger partial charge in [-0.25, -0.2) is 5.43 Å². The largest absolute Gasteiger partial charge is 0.486 e. The number of hydrogen-bond acceptors (Lipinski definition) is 3. The molecule has 1 amide bonds. The first-order chi connectivity index (χ1) is 14.8. The molecule has 0 heterocycles. The van der Waals surface area contributed by atoms with Gasteiger partial charge in [0.25, 0.3) is 0 Å². The van der Waals surface area contributed by atoms with Crippen LogP contribution in [-0.2, 0) is 17.8 Å². The second kappa shape index (κ2) is 10.9. The fourth-order valence-corrected chi connectivity index (χ4v) is 4.63. The molecule has 0 spiro atoms. The van der Waals surface area contributed by atoms with E-state index in [0.717, 1.165) is 31.2 Å². The van der Waals surface area contributed by atoms with Gasteiger partial charge in [0.15, 0.2) is 0 Å². The summed E-state index contributed by atoms with van der Waals surface area (Å²) >= 11 is 13.3. The lowest BCUT2D eigenvalue weighted by Crippen LogP contribution is -2.20. The predicted octanol–water partition coefficient (Wildman–Crippen LogP) is 6.75. The van der Waals surface area contributed by atoms with Gasteiger partial charge in [-0.15, -0.1) is 0 Å². The molecule has 0 radical (unpaired) electrons. The normalized spacial score (nSPS) is 11.0. The predicted molar refractivity (Wildman–Crippen MR) is 133 cm³/mol. The summed E-state index contributed by atoms with van der Waals surface area (Å²) in [5, 5.41) is 4.74. The van der Waals surface area contributed by atoms with E-state index in [-0.39, 0.29) is 12.3 Å². The van der Waals surface area contributed by atoms with E-state index in [1.54, 1.807) is 6.21 Å². The van der Waals surface area contributed by atoms with Crippen molar-refractivity contribution < 1.29 is 9.53 Å². The Morgan fingerprint density at radius 1 is 1.06 bits per heavy atom. The second-order valence-electron chi connectivity index (χ2n) is 7.09. The van der Waals surface area contributed by atoms with E-state index < -0.39 is 0 Å². The zero-order valence-electron chi connectivity index (χ0n) is 17.1. The van der Waals surface area contributed by atoms with Crippen LogP contribution in [0.5, 0.6) is 5.75 Å². The minimum absolute atomic E-state index is 0.166. The number of aryl methyl sites for hydroxylation is 2. The van der Waals surface area contributed by atoms with Crippen LogP contribution in [0.4, 0.5) is 0 Å². The first-order valence-electron chi connectivity index (χ1n) is 9.57. The molecular weight excluding hydrogens is 544 g/mol. The monoisotopic (exact) mass is 562 g/mol. The molecule has 4 nitrogen and oxygen atoms in total. The highest BCUT2D eigenvalue weighted by Crippen LogP contribution is 2.35. The van der Waals surface area contributed by atoms with Gasteiger partial charge < -0.3 is 4.74 Å². The number of carbonyl (C=O) groups excluding carboxylic acids is 1. The second-order valence-corrected chi connectivity index (χ2v) is 9.21. The Labute approximate surface area is 203 Å². The Morgan fingerprint density at radius 3 is 2.45 bits per heavy atom. The van der Waals surface area contributed by atoms with Crippen LogP contribution in [0.25, 0.3) is 0 Å². The highest BCUT2D eigenvalue weighted by Gasteiger charge is 2.10. The van der Waals surface area contributed by atoms with Crippen LogP contribution in [0.1, 0.15) is 27.8 Å². The SMILES string of the molecule is Cc1ccc(CC(=O)N/N=C/c2cc(Br)c(OCc3ccccc3Cl)c(Br)c2)c(C)c1. The fraction of sp³-hybridized carbons (Fsp3) is 0.167. The summed E-state index contributed by atoms with van der Waals surface area (Å²) in [6.45, 7) is 4.38. The molecule has 0 aliphatic heterocycles. The minimum atomic E-state index is -0.166. The lowest BCUT2D eigenvalue weighted by Gasteiger charge is -2.12. The molecule has 0 saturated carbocycles. The van der Waals surface area contributed by atoms with Gasteiger partial charge >= 0.3 is 0 Å². The average molecular weight is 565 g/mol. The van der Waals surface area contributed by atoms with E-state index in [1.807, 2.05) is 62.4 Å². The van der Waals surface area contributed by atoms with E-state index in [1.165, 1.54) is 5.56 Å². The smallest absolute Gasteiger partial charge is 0.244 e. The number of hydrogen-bond donors (Lipinski definition) is 1. The lowest BCUT2D eigenvalue weighted by molar-refractivity contribution is -0.120. The first kappa shape index (κ1) is 23.5. The van der Waals surface area contributed by atoms with Crippen LogP contribution >= 0.6 is 43.5 Å². The van der Waals surface area contributed by atoms with E-state index in [9.17, 15) is 4.79 Å². The van der Waals surface area contributed by atoms with Crippen molar-refractivity contribution in [3.8, 4) is 5.75 Å². The van der Waals surface area contributed by atoms with Gasteiger partial charge in [0.05, 0.1) is 21.6 Å². The van der Waals surface area contributed by atoms with Crippen molar-refractivity contribution in [3.63, 3.8) is 0 Å². The Bertz CT molecular complexity index is 1110. The summed E-state index contributed by atoms with van der Waals surface area (Å²) in [4.78, 5) is 12.2. The van der Waals surface area contributed by atoms with E-state index in [0.29, 0.717) is 17.4 Å². The number of carbonyl (C=O) groups is 1. The average Bonchev–Trinajstić information content (AvgIpc) is 2.71. The molecule has 3 rings (SSSR count). The van der Waals surface area contributed by atoms with E-state index in [2.05, 4.69) is 48.5 Å². The molecular formula is C24H21Br2ClN2O2. The molecule has 1 N–H and O–H groups in total. The van der Waals surface area contributed by atoms with Crippen molar-refractivity contribution in [2.24, 2.45) is 5.10 Å². The first-order valence-corrected chi connectivity index (χ1v) is 11.5. The number of ether oxygens (including phenoxy) is 1. The molecule has 3 aromatic rings. The molecule has 0 atom stereocenters. The van der Waals surface area contributed by atoms with Gasteiger partial charge in [-0.05, 0) is 80.6 Å². The van der Waals surface area contributed by atoms with Crippen molar-refractivity contribution in [2.75, 3.05) is 0 Å². The van der Waals surface area contributed by atoms with Crippen molar-refractivity contribution in [3.05, 3.63) is 96.4 Å². The number of hydrazone groups is 1. The molecule has 0 bridgehead atoms. The zero-order valence-corrected chi connectivity index (χ0v) is 21.0. The summed E-state index contributed by atoms with van der Waals surface area (Å²) in [6.07, 6.45) is 1.87. The maximum absolute atomic E-state index is 12.2. The van der Waals surface area contributed by atoms with Gasteiger partial charge in [0.1, 0.15) is 12.4 Å². The third kappa shape index (κ3) is 6.66. The van der Waals surface area contributed by atoms with Gasteiger partial charge in [-0.1, -0.05) is 53.6 Å². The molecule has 7 heteroatoms. The number of amides is 1. The zero-order chi connectivity index (χ0) is 22.4. The molecule has 0 aliphatic carbocycles. The topological polar surface area (TPSA) is 50.7 Å². The van der Waals surface area contributed by atoms with Crippen LogP contribution in [0.3, 0.4) is 0 Å². The van der Waals surface area contributed by atoms with Gasteiger partial charge in [-0.3, -0.25) is 4.79 Å². The highest BCUT2D eigenvalue weighted by atomic mass is 79.9. The number of halogens is 3. The van der Waals surface area contributed by atoms with Crippen molar-refractivity contribution in [1.29, 1.82) is 0 Å². The Balaban J connectivity index is 1.61. The standard InChI is InChI=1S/C24H21Br2ClN2O2/c1-15-7-8-18(16(2)9-15)12-23(30)29-28-13-17-10-20(25)24(21(26)11-17)31-14-19-5-3-4-6-22(19)27/h3-11,13H,12,14H2,1-2H3,(H,29,30)/b28-13+. The maximum Gasteiger partial charge on any atom is 0.244 e. The summed E-state index contributed by atoms with van der Waals surface area (Å²) in [5.41, 5.74) is 7.55. The van der Waals surface area contributed by atoms with Crippen LogP contribution in [0.2, 0.25) is 5.02 Å². The summed E-state index contributed by atoms with van der Waals surface area (Å²) in [7, 11) is 0. The van der Waals surface area contributed by atoms with Gasteiger partial charge in [-0.2, -0.15) is 5.10 Å². The number of nitrogens with one attached hydrogen (secondary N) is 1. The molecule has 160 valence electrons. The molecule has 0 unspecified atom stereocenters. The molecule has 0 aromatic heterocycles. The highest BCUT2D eigenvalue weighted by molar-refractivity contribution is 9.11. The molecule has 0 fully saturated rings. The maximum atomic E-state index is 12.2.